The largest absolute Gasteiger partial charge is 0.351 e. The number of benzene rings is 1. The number of nitrogens with one attached hydrogen (secondary N) is 1. The normalized spacial score (nSPS) is 13.4. The van der Waals surface area contributed by atoms with E-state index in [-0.39, 0.29) is 23.9 Å². The summed E-state index contributed by atoms with van der Waals surface area (Å²) >= 11 is 0. The van der Waals surface area contributed by atoms with Crippen molar-refractivity contribution in [2.75, 3.05) is 27.7 Å². The van der Waals surface area contributed by atoms with Crippen LogP contribution >= 0.6 is 0 Å². The molecule has 1 unspecified atom stereocenters. The Morgan fingerprint density at radius 2 is 1.80 bits per heavy atom. The van der Waals surface area contributed by atoms with E-state index in [1.807, 2.05) is 51.2 Å². The van der Waals surface area contributed by atoms with E-state index in [1.165, 1.54) is 0 Å². The molecule has 2 rings (SSSR count). The predicted octanol–water partition coefficient (Wildman–Crippen LogP) is 2.04. The van der Waals surface area contributed by atoms with E-state index in [0.29, 0.717) is 23.9 Å². The van der Waals surface area contributed by atoms with Crippen LogP contribution in [0.25, 0.3) is 11.4 Å². The van der Waals surface area contributed by atoms with Gasteiger partial charge in [-0.3, -0.25) is 14.5 Å². The van der Waals surface area contributed by atoms with Crippen molar-refractivity contribution in [3.63, 3.8) is 0 Å². The molecule has 2 atom stereocenters. The number of aromatic nitrogens is 3. The minimum atomic E-state index is -0.190. The van der Waals surface area contributed by atoms with Gasteiger partial charge in [0, 0.05) is 32.2 Å². The van der Waals surface area contributed by atoms with Gasteiger partial charge < -0.3 is 14.8 Å². The number of carbonyl (C=O) groups is 2. The number of hydrogen-bond donors (Lipinski definition) is 1. The standard InChI is InChI=1S/C22H34N6O2/c1-15(2)12-19(26(4)5)21(29)24-16(3)13-27(6)22(30)18-11-9-8-10-17(18)20-25-23-14-28(20)7/h8-11,14-16,19H,12-13H2,1-7H3,(H,24,29)/t16?,19-/m1/s1. The fourth-order valence-corrected chi connectivity index (χ4v) is 3.47. The first-order valence-electron chi connectivity index (χ1n) is 10.3. The average molecular weight is 415 g/mol. The van der Waals surface area contributed by atoms with Crippen molar-refractivity contribution < 1.29 is 9.59 Å². The van der Waals surface area contributed by atoms with Gasteiger partial charge in [-0.15, -0.1) is 10.2 Å². The molecule has 0 spiro atoms. The van der Waals surface area contributed by atoms with Crippen LogP contribution < -0.4 is 5.32 Å². The summed E-state index contributed by atoms with van der Waals surface area (Å²) in [6.07, 6.45) is 2.39. The molecule has 0 aliphatic heterocycles. The van der Waals surface area contributed by atoms with Crippen molar-refractivity contribution in [1.29, 1.82) is 0 Å². The molecule has 8 heteroatoms. The van der Waals surface area contributed by atoms with Crippen molar-refractivity contribution in [3.8, 4) is 11.4 Å². The topological polar surface area (TPSA) is 83.4 Å². The zero-order valence-electron chi connectivity index (χ0n) is 19.1. The Hall–Kier alpha value is -2.74. The number of hydrogen-bond acceptors (Lipinski definition) is 5. The fraction of sp³-hybridized carbons (Fsp3) is 0.545. The Balaban J connectivity index is 2.08. The molecule has 2 amide bonds. The Morgan fingerprint density at radius 3 is 2.37 bits per heavy atom. The second kappa shape index (κ2) is 10.3. The van der Waals surface area contributed by atoms with Crippen LogP contribution in [0.4, 0.5) is 0 Å². The molecule has 1 aromatic heterocycles. The van der Waals surface area contributed by atoms with Crippen LogP contribution in [0.1, 0.15) is 37.6 Å². The molecule has 0 saturated heterocycles. The van der Waals surface area contributed by atoms with E-state index in [9.17, 15) is 9.59 Å². The van der Waals surface area contributed by atoms with E-state index in [1.54, 1.807) is 28.9 Å². The summed E-state index contributed by atoms with van der Waals surface area (Å²) in [6.45, 7) is 6.53. The van der Waals surface area contributed by atoms with Crippen LogP contribution in [0.5, 0.6) is 0 Å². The lowest BCUT2D eigenvalue weighted by Crippen LogP contribution is -2.50. The number of amides is 2. The molecular formula is C22H34N6O2. The first-order valence-corrected chi connectivity index (χ1v) is 10.3. The minimum absolute atomic E-state index is 0.0125. The molecule has 1 N–H and O–H groups in total. The minimum Gasteiger partial charge on any atom is -0.351 e. The number of aryl methyl sites for hydroxylation is 1. The molecule has 0 saturated carbocycles. The zero-order valence-corrected chi connectivity index (χ0v) is 19.1. The van der Waals surface area contributed by atoms with Crippen LogP contribution in [-0.4, -0.2) is 76.2 Å². The summed E-state index contributed by atoms with van der Waals surface area (Å²) < 4.78 is 1.78. The molecule has 0 radical (unpaired) electrons. The maximum absolute atomic E-state index is 13.1. The molecule has 2 aromatic rings. The number of nitrogens with zero attached hydrogens (tertiary/aromatic N) is 5. The number of rotatable bonds is 9. The van der Waals surface area contributed by atoms with Gasteiger partial charge in [0.2, 0.25) is 5.91 Å². The van der Waals surface area contributed by atoms with Crippen LogP contribution in [0.15, 0.2) is 30.6 Å². The quantitative estimate of drug-likeness (QED) is 0.679. The Bertz CT molecular complexity index is 861. The first kappa shape index (κ1) is 23.5. The van der Waals surface area contributed by atoms with E-state index in [4.69, 9.17) is 0 Å². The Labute approximate surface area is 179 Å². The number of likely N-dealkylation sites (N-methyl/N-ethyl adjacent to an activating group) is 2. The van der Waals surface area contributed by atoms with Gasteiger partial charge in [-0.05, 0) is 39.4 Å². The lowest BCUT2D eigenvalue weighted by molar-refractivity contribution is -0.126. The molecule has 0 aliphatic carbocycles. The van der Waals surface area contributed by atoms with E-state index in [0.717, 1.165) is 12.0 Å². The Kier molecular flexibility index (Phi) is 8.11. The highest BCUT2D eigenvalue weighted by molar-refractivity contribution is 6.00. The van der Waals surface area contributed by atoms with E-state index < -0.39 is 0 Å². The highest BCUT2D eigenvalue weighted by Crippen LogP contribution is 2.22. The lowest BCUT2D eigenvalue weighted by Gasteiger charge is -2.28. The van der Waals surface area contributed by atoms with Gasteiger partial charge in [0.1, 0.15) is 6.33 Å². The summed E-state index contributed by atoms with van der Waals surface area (Å²) in [4.78, 5) is 29.4. The summed E-state index contributed by atoms with van der Waals surface area (Å²) in [6, 6.07) is 6.99. The molecular weight excluding hydrogens is 380 g/mol. The van der Waals surface area contributed by atoms with Crippen molar-refractivity contribution >= 4 is 11.8 Å². The third-order valence-corrected chi connectivity index (χ3v) is 5.01. The van der Waals surface area contributed by atoms with Gasteiger partial charge in [0.25, 0.3) is 5.91 Å². The maximum Gasteiger partial charge on any atom is 0.254 e. The van der Waals surface area contributed by atoms with Crippen molar-refractivity contribution in [2.45, 2.75) is 39.3 Å². The van der Waals surface area contributed by atoms with Crippen LogP contribution in [0.3, 0.4) is 0 Å². The molecule has 0 fully saturated rings. The van der Waals surface area contributed by atoms with Crippen LogP contribution in [0, 0.1) is 5.92 Å². The SMILES string of the molecule is CC(C)C[C@H](C(=O)NC(C)CN(C)C(=O)c1ccccc1-c1nncn1C)N(C)C. The molecule has 164 valence electrons. The lowest BCUT2D eigenvalue weighted by atomic mass is 10.0. The third-order valence-electron chi connectivity index (χ3n) is 5.01. The van der Waals surface area contributed by atoms with Gasteiger partial charge in [-0.2, -0.15) is 0 Å². The number of carbonyl (C=O) groups excluding carboxylic acids is 2. The zero-order chi connectivity index (χ0) is 22.4. The smallest absolute Gasteiger partial charge is 0.254 e. The van der Waals surface area contributed by atoms with Gasteiger partial charge in [0.15, 0.2) is 5.82 Å². The van der Waals surface area contributed by atoms with Gasteiger partial charge >= 0.3 is 0 Å². The molecule has 8 nitrogen and oxygen atoms in total. The van der Waals surface area contributed by atoms with Gasteiger partial charge in [0.05, 0.1) is 11.6 Å². The van der Waals surface area contributed by atoms with Gasteiger partial charge in [-0.25, -0.2) is 0 Å². The second-order valence-corrected chi connectivity index (χ2v) is 8.52. The van der Waals surface area contributed by atoms with Crippen molar-refractivity contribution in [2.24, 2.45) is 13.0 Å². The highest BCUT2D eigenvalue weighted by atomic mass is 16.2. The second-order valence-electron chi connectivity index (χ2n) is 8.52. The average Bonchev–Trinajstić information content (AvgIpc) is 3.10. The molecule has 30 heavy (non-hydrogen) atoms. The first-order chi connectivity index (χ1) is 14.1. The molecule has 1 heterocycles. The summed E-state index contributed by atoms with van der Waals surface area (Å²) in [5, 5.41) is 11.1. The maximum atomic E-state index is 13.1. The monoisotopic (exact) mass is 414 g/mol. The van der Waals surface area contributed by atoms with E-state index in [2.05, 4.69) is 29.4 Å². The van der Waals surface area contributed by atoms with Crippen LogP contribution in [-0.2, 0) is 11.8 Å². The predicted molar refractivity (Wildman–Crippen MR) is 118 cm³/mol. The highest BCUT2D eigenvalue weighted by Gasteiger charge is 2.25. The summed E-state index contributed by atoms with van der Waals surface area (Å²) in [5.41, 5.74) is 1.29. The van der Waals surface area contributed by atoms with Crippen molar-refractivity contribution in [1.82, 2.24) is 29.9 Å². The van der Waals surface area contributed by atoms with Gasteiger partial charge in [-0.1, -0.05) is 32.0 Å². The molecule has 1 aromatic carbocycles. The van der Waals surface area contributed by atoms with Crippen molar-refractivity contribution in [3.05, 3.63) is 36.2 Å². The summed E-state index contributed by atoms with van der Waals surface area (Å²) in [7, 11) is 7.42. The third kappa shape index (κ3) is 5.89. The summed E-state index contributed by atoms with van der Waals surface area (Å²) in [5.74, 6) is 0.915. The van der Waals surface area contributed by atoms with Crippen LogP contribution in [0.2, 0.25) is 0 Å². The van der Waals surface area contributed by atoms with E-state index >= 15 is 0 Å². The molecule has 0 bridgehead atoms. The fourth-order valence-electron chi connectivity index (χ4n) is 3.47. The Morgan fingerprint density at radius 1 is 1.13 bits per heavy atom. The molecule has 0 aliphatic rings.